The summed E-state index contributed by atoms with van der Waals surface area (Å²) in [6.45, 7) is 0. The Balaban J connectivity index is 1.70. The fraction of sp³-hybridized carbons (Fsp3) is 0.375. The van der Waals surface area contributed by atoms with E-state index in [1.807, 2.05) is 16.7 Å². The molecule has 1 saturated carbocycles. The first-order chi connectivity index (χ1) is 11.6. The summed E-state index contributed by atoms with van der Waals surface area (Å²) in [5.41, 5.74) is 5.16. The molecule has 0 bridgehead atoms. The zero-order valence-corrected chi connectivity index (χ0v) is 13.6. The van der Waals surface area contributed by atoms with Gasteiger partial charge in [0.25, 0.3) is 0 Å². The van der Waals surface area contributed by atoms with Crippen molar-refractivity contribution in [3.8, 4) is 0 Å². The average Bonchev–Trinajstić information content (AvgIpc) is 3.34. The molecule has 0 saturated heterocycles. The second-order valence-electron chi connectivity index (χ2n) is 5.63. The van der Waals surface area contributed by atoms with Crippen molar-refractivity contribution >= 4 is 23.4 Å². The minimum Gasteiger partial charge on any atom is -0.463 e. The zero-order valence-electron chi connectivity index (χ0n) is 13.6. The third-order valence-corrected chi connectivity index (χ3v) is 3.77. The van der Waals surface area contributed by atoms with Gasteiger partial charge in [-0.25, -0.2) is 9.78 Å². The molecule has 8 heteroatoms. The van der Waals surface area contributed by atoms with Crippen molar-refractivity contribution < 1.29 is 14.3 Å². The van der Waals surface area contributed by atoms with Crippen LogP contribution in [0.4, 0.5) is 0 Å². The Morgan fingerprint density at radius 2 is 2.17 bits per heavy atom. The topological polar surface area (TPSA) is 97.1 Å². The van der Waals surface area contributed by atoms with Crippen molar-refractivity contribution in [2.45, 2.75) is 25.2 Å². The van der Waals surface area contributed by atoms with Crippen LogP contribution in [-0.4, -0.2) is 41.3 Å². The Kier molecular flexibility index (Phi) is 4.45. The van der Waals surface area contributed by atoms with E-state index in [4.69, 9.17) is 0 Å². The monoisotopic (exact) mass is 329 g/mol. The second kappa shape index (κ2) is 6.69. The van der Waals surface area contributed by atoms with E-state index in [1.165, 1.54) is 32.6 Å². The number of carbonyl (C=O) groups is 2. The number of rotatable bonds is 4. The number of amides is 1. The van der Waals surface area contributed by atoms with Gasteiger partial charge in [-0.2, -0.15) is 5.10 Å². The summed E-state index contributed by atoms with van der Waals surface area (Å²) in [5.74, 6) is -0.643. The molecule has 1 fully saturated rings. The molecule has 0 aromatic carbocycles. The summed E-state index contributed by atoms with van der Waals surface area (Å²) >= 11 is 0. The number of esters is 1. The molecule has 1 aliphatic carbocycles. The normalized spacial score (nSPS) is 14.5. The molecule has 2 aromatic rings. The van der Waals surface area contributed by atoms with E-state index >= 15 is 0 Å². The average molecular weight is 329 g/mol. The number of aromatic nitrogens is 2. The molecule has 0 atom stereocenters. The van der Waals surface area contributed by atoms with Gasteiger partial charge in [-0.3, -0.25) is 4.79 Å². The van der Waals surface area contributed by atoms with Crippen LogP contribution in [0.3, 0.4) is 0 Å². The van der Waals surface area contributed by atoms with Crippen molar-refractivity contribution in [2.24, 2.45) is 5.10 Å². The maximum Gasteiger partial charge on any atom is 0.375 e. The molecule has 126 valence electrons. The lowest BCUT2D eigenvalue weighted by atomic mass is 10.2. The van der Waals surface area contributed by atoms with Gasteiger partial charge in [0.1, 0.15) is 5.65 Å². The van der Waals surface area contributed by atoms with Crippen molar-refractivity contribution in [1.29, 1.82) is 0 Å². The predicted molar refractivity (Wildman–Crippen MR) is 87.5 cm³/mol. The fourth-order valence-electron chi connectivity index (χ4n) is 2.48. The third kappa shape index (κ3) is 3.53. The lowest BCUT2D eigenvalue weighted by molar-refractivity contribution is -0.133. The molecule has 0 aliphatic heterocycles. The molecular formula is C16H19N5O3. The van der Waals surface area contributed by atoms with Crippen LogP contribution >= 0.6 is 0 Å². The molecule has 24 heavy (non-hydrogen) atoms. The first-order valence-electron chi connectivity index (χ1n) is 7.71. The Morgan fingerprint density at radius 1 is 1.38 bits per heavy atom. The number of methoxy groups -OCH3 is 1. The van der Waals surface area contributed by atoms with Crippen LogP contribution in [-0.2, 0) is 20.7 Å². The highest BCUT2D eigenvalue weighted by atomic mass is 16.5. The highest BCUT2D eigenvalue weighted by Gasteiger charge is 2.24. The maximum absolute atomic E-state index is 12.1. The van der Waals surface area contributed by atoms with E-state index in [0.29, 0.717) is 11.6 Å². The highest BCUT2D eigenvalue weighted by molar-refractivity contribution is 6.38. The van der Waals surface area contributed by atoms with Crippen LogP contribution in [0.25, 0.3) is 5.65 Å². The van der Waals surface area contributed by atoms with Crippen LogP contribution in [0.2, 0.25) is 0 Å². The number of imidazole rings is 1. The van der Waals surface area contributed by atoms with Gasteiger partial charge >= 0.3 is 5.97 Å². The summed E-state index contributed by atoms with van der Waals surface area (Å²) < 4.78 is 6.49. The highest BCUT2D eigenvalue weighted by Crippen LogP contribution is 2.39. The molecule has 0 unspecified atom stereocenters. The number of amidine groups is 1. The summed E-state index contributed by atoms with van der Waals surface area (Å²) in [6.07, 6.45) is 6.39. The first-order valence-corrected chi connectivity index (χ1v) is 7.71. The smallest absolute Gasteiger partial charge is 0.375 e. The minimum absolute atomic E-state index is 0.0418. The Hall–Kier alpha value is -2.90. The Morgan fingerprint density at radius 3 is 2.83 bits per heavy atom. The molecule has 2 heterocycles. The van der Waals surface area contributed by atoms with Crippen molar-refractivity contribution in [1.82, 2.24) is 20.1 Å². The largest absolute Gasteiger partial charge is 0.463 e. The second-order valence-corrected chi connectivity index (χ2v) is 5.63. The molecule has 0 radical (unpaired) electrons. The number of fused-ring (bicyclic) bond motifs is 1. The zero-order chi connectivity index (χ0) is 17.1. The number of hydrogen-bond acceptors (Lipinski definition) is 6. The van der Waals surface area contributed by atoms with Crippen LogP contribution < -0.4 is 10.7 Å². The number of carbonyl (C=O) groups excluding carboxylic acids is 2. The van der Waals surface area contributed by atoms with E-state index < -0.39 is 5.97 Å². The van der Waals surface area contributed by atoms with Gasteiger partial charge in [-0.15, -0.1) is 0 Å². The van der Waals surface area contributed by atoms with Gasteiger partial charge in [0.05, 0.1) is 19.2 Å². The molecular weight excluding hydrogens is 310 g/mol. The quantitative estimate of drug-likeness (QED) is 0.370. The van der Waals surface area contributed by atoms with Gasteiger partial charge in [-0.1, -0.05) is 6.07 Å². The van der Waals surface area contributed by atoms with E-state index in [1.54, 1.807) is 0 Å². The lowest BCUT2D eigenvalue weighted by Crippen LogP contribution is -2.39. The van der Waals surface area contributed by atoms with Gasteiger partial charge in [-0.05, 0) is 30.4 Å². The molecule has 8 nitrogen and oxygen atoms in total. The van der Waals surface area contributed by atoms with Gasteiger partial charge in [0.15, 0.2) is 0 Å². The summed E-state index contributed by atoms with van der Waals surface area (Å²) in [7, 11) is 2.74. The third-order valence-electron chi connectivity index (χ3n) is 3.77. The number of nitrogens with zero attached hydrogens (tertiary/aromatic N) is 3. The number of hydrogen-bond donors (Lipinski definition) is 2. The van der Waals surface area contributed by atoms with Crippen LogP contribution in [0.1, 0.15) is 30.0 Å². The van der Waals surface area contributed by atoms with Gasteiger partial charge in [0, 0.05) is 19.4 Å². The molecule has 0 spiro atoms. The standard InChI is InChI=1S/C16H19N5O3/c1-17-20-15(16(23)24-2)19-14(22)7-12-9-21-8-11(10-3-4-10)5-6-13(21)18-12/h5-6,8-10,17H,3-4,7H2,1-2H3,(H,19,20,22). The van der Waals surface area contributed by atoms with E-state index in [2.05, 4.69) is 37.8 Å². The molecule has 1 aliphatic rings. The summed E-state index contributed by atoms with van der Waals surface area (Å²) in [5, 5.41) is 6.12. The minimum atomic E-state index is -0.721. The van der Waals surface area contributed by atoms with Crippen LogP contribution in [0, 0.1) is 0 Å². The van der Waals surface area contributed by atoms with E-state index in [9.17, 15) is 9.59 Å². The van der Waals surface area contributed by atoms with Crippen LogP contribution in [0.15, 0.2) is 29.6 Å². The van der Waals surface area contributed by atoms with Crippen molar-refractivity contribution in [3.63, 3.8) is 0 Å². The summed E-state index contributed by atoms with van der Waals surface area (Å²) in [4.78, 5) is 28.0. The molecule has 2 aromatic heterocycles. The Labute approximate surface area is 138 Å². The molecule has 3 rings (SSSR count). The Bertz CT molecular complexity index is 807. The number of ether oxygens (including phenoxy) is 1. The van der Waals surface area contributed by atoms with Gasteiger partial charge in [0.2, 0.25) is 11.7 Å². The number of hydrazone groups is 1. The fourth-order valence-corrected chi connectivity index (χ4v) is 2.48. The SMILES string of the molecule is CN/N=C(\NC(=O)Cc1cn2cc(C3CC3)ccc2n1)C(=O)OC. The predicted octanol–water partition coefficient (Wildman–Crippen LogP) is 0.576. The van der Waals surface area contributed by atoms with Gasteiger partial charge < -0.3 is 19.9 Å². The first kappa shape index (κ1) is 16.0. The molecule has 2 N–H and O–H groups in total. The maximum atomic E-state index is 12.1. The van der Waals surface area contributed by atoms with E-state index in [-0.39, 0.29) is 18.2 Å². The van der Waals surface area contributed by atoms with Crippen molar-refractivity contribution in [2.75, 3.05) is 14.2 Å². The lowest BCUT2D eigenvalue weighted by Gasteiger charge is -2.05. The number of nitrogens with one attached hydrogen (secondary N) is 2. The van der Waals surface area contributed by atoms with Crippen LogP contribution in [0.5, 0.6) is 0 Å². The number of pyridine rings is 1. The molecule has 1 amide bonds. The van der Waals surface area contributed by atoms with Crippen molar-refractivity contribution in [3.05, 3.63) is 35.8 Å². The van der Waals surface area contributed by atoms with E-state index in [0.717, 1.165) is 5.65 Å². The summed E-state index contributed by atoms with van der Waals surface area (Å²) in [6, 6.07) is 4.04.